The second-order valence-electron chi connectivity index (χ2n) is 8.19. The molecule has 5 heteroatoms. The fourth-order valence-electron chi connectivity index (χ4n) is 5.02. The summed E-state index contributed by atoms with van der Waals surface area (Å²) in [4.78, 5) is 19.9. The van der Waals surface area contributed by atoms with Crippen molar-refractivity contribution in [1.29, 1.82) is 0 Å². The molecule has 0 aromatic carbocycles. The van der Waals surface area contributed by atoms with E-state index in [9.17, 15) is 4.79 Å². The molecule has 1 aliphatic carbocycles. The zero-order valence-electron chi connectivity index (χ0n) is 14.5. The molecule has 130 valence electrons. The highest BCUT2D eigenvalue weighted by Crippen LogP contribution is 2.44. The minimum atomic E-state index is 0.100. The molecule has 1 unspecified atom stereocenters. The van der Waals surface area contributed by atoms with Gasteiger partial charge in [0.2, 0.25) is 5.91 Å². The van der Waals surface area contributed by atoms with Crippen LogP contribution in [0.5, 0.6) is 0 Å². The lowest BCUT2D eigenvalue weighted by Gasteiger charge is -2.45. The standard InChI is InChI=1S/C18H31N3O2/c1-19-14-18(5-7-20(8-6-18)15-3-2-4-15)13-16(19)17(22)21-9-11-23-12-10-21/h15-16H,2-14H2,1H3. The smallest absolute Gasteiger partial charge is 0.240 e. The summed E-state index contributed by atoms with van der Waals surface area (Å²) in [5.74, 6) is 0.342. The molecule has 1 amide bonds. The second kappa shape index (κ2) is 6.34. The van der Waals surface area contributed by atoms with Crippen molar-refractivity contribution in [2.45, 2.75) is 50.6 Å². The van der Waals surface area contributed by atoms with E-state index in [1.54, 1.807) is 0 Å². The lowest BCUT2D eigenvalue weighted by atomic mass is 9.75. The van der Waals surface area contributed by atoms with Crippen LogP contribution < -0.4 is 0 Å². The number of hydrogen-bond donors (Lipinski definition) is 0. The van der Waals surface area contributed by atoms with E-state index >= 15 is 0 Å². The molecule has 1 atom stereocenters. The Bertz CT molecular complexity index is 438. The Morgan fingerprint density at radius 2 is 1.78 bits per heavy atom. The van der Waals surface area contributed by atoms with E-state index < -0.39 is 0 Å². The lowest BCUT2D eigenvalue weighted by Crippen LogP contribution is -2.49. The van der Waals surface area contributed by atoms with Gasteiger partial charge >= 0.3 is 0 Å². The monoisotopic (exact) mass is 321 g/mol. The Hall–Kier alpha value is -0.650. The Morgan fingerprint density at radius 3 is 2.39 bits per heavy atom. The van der Waals surface area contributed by atoms with Gasteiger partial charge in [-0.2, -0.15) is 0 Å². The van der Waals surface area contributed by atoms with Gasteiger partial charge < -0.3 is 14.5 Å². The van der Waals surface area contributed by atoms with Gasteiger partial charge in [0.1, 0.15) is 0 Å². The van der Waals surface area contributed by atoms with Crippen molar-refractivity contribution in [3.8, 4) is 0 Å². The zero-order valence-corrected chi connectivity index (χ0v) is 14.5. The molecule has 0 N–H and O–H groups in total. The topological polar surface area (TPSA) is 36.0 Å². The molecule has 0 aromatic heterocycles. The quantitative estimate of drug-likeness (QED) is 0.765. The fraction of sp³-hybridized carbons (Fsp3) is 0.944. The van der Waals surface area contributed by atoms with Crippen molar-refractivity contribution in [2.24, 2.45) is 5.41 Å². The Labute approximate surface area is 139 Å². The van der Waals surface area contributed by atoms with Gasteiger partial charge in [0.15, 0.2) is 0 Å². The first kappa shape index (κ1) is 15.9. The Kier molecular flexibility index (Phi) is 4.37. The van der Waals surface area contributed by atoms with Crippen molar-refractivity contribution in [1.82, 2.24) is 14.7 Å². The number of piperidine rings is 1. The van der Waals surface area contributed by atoms with Crippen LogP contribution in [0.3, 0.4) is 0 Å². The van der Waals surface area contributed by atoms with Crippen LogP contribution in [0.4, 0.5) is 0 Å². The lowest BCUT2D eigenvalue weighted by molar-refractivity contribution is -0.139. The van der Waals surface area contributed by atoms with Crippen LogP contribution in [0.25, 0.3) is 0 Å². The number of hydrogen-bond acceptors (Lipinski definition) is 4. The average molecular weight is 321 g/mol. The van der Waals surface area contributed by atoms with Crippen molar-refractivity contribution < 1.29 is 9.53 Å². The summed E-state index contributed by atoms with van der Waals surface area (Å²) in [6, 6.07) is 0.973. The molecule has 3 heterocycles. The van der Waals surface area contributed by atoms with E-state index in [0.29, 0.717) is 24.5 Å². The molecule has 3 saturated heterocycles. The summed E-state index contributed by atoms with van der Waals surface area (Å²) in [5, 5.41) is 0. The highest BCUT2D eigenvalue weighted by molar-refractivity contribution is 5.82. The Balaban J connectivity index is 1.36. The first-order chi connectivity index (χ1) is 11.2. The van der Waals surface area contributed by atoms with E-state index in [0.717, 1.165) is 32.1 Å². The van der Waals surface area contributed by atoms with E-state index in [2.05, 4.69) is 16.8 Å². The van der Waals surface area contributed by atoms with Crippen LogP contribution in [0, 0.1) is 5.41 Å². The Morgan fingerprint density at radius 1 is 1.09 bits per heavy atom. The highest BCUT2D eigenvalue weighted by Gasteiger charge is 2.48. The van der Waals surface area contributed by atoms with Crippen molar-refractivity contribution in [2.75, 3.05) is 53.0 Å². The van der Waals surface area contributed by atoms with Crippen LogP contribution in [0.2, 0.25) is 0 Å². The van der Waals surface area contributed by atoms with Gasteiger partial charge in [0.25, 0.3) is 0 Å². The molecule has 4 fully saturated rings. The molecule has 0 bridgehead atoms. The molecule has 0 radical (unpaired) electrons. The van der Waals surface area contributed by atoms with Gasteiger partial charge in [-0.05, 0) is 57.7 Å². The van der Waals surface area contributed by atoms with Crippen molar-refractivity contribution in [3.05, 3.63) is 0 Å². The molecule has 4 rings (SSSR count). The number of rotatable bonds is 2. The average Bonchev–Trinajstić information content (AvgIpc) is 2.85. The summed E-state index contributed by atoms with van der Waals surface area (Å²) in [6.45, 7) is 6.53. The van der Waals surface area contributed by atoms with Crippen molar-refractivity contribution >= 4 is 5.91 Å². The fourth-order valence-corrected chi connectivity index (χ4v) is 5.02. The molecule has 23 heavy (non-hydrogen) atoms. The van der Waals surface area contributed by atoms with Crippen LogP contribution in [0.1, 0.15) is 38.5 Å². The predicted molar refractivity (Wildman–Crippen MR) is 89.3 cm³/mol. The normalized spacial score (nSPS) is 33.1. The summed E-state index contributed by atoms with van der Waals surface area (Å²) >= 11 is 0. The minimum absolute atomic E-state index is 0.100. The third-order valence-corrected chi connectivity index (χ3v) is 6.80. The van der Waals surface area contributed by atoms with Crippen LogP contribution in [-0.4, -0.2) is 85.7 Å². The van der Waals surface area contributed by atoms with E-state index in [-0.39, 0.29) is 6.04 Å². The van der Waals surface area contributed by atoms with Gasteiger partial charge in [-0.25, -0.2) is 0 Å². The molecule has 4 aliphatic rings. The number of likely N-dealkylation sites (N-methyl/N-ethyl adjacent to an activating group) is 1. The van der Waals surface area contributed by atoms with E-state index in [4.69, 9.17) is 4.74 Å². The maximum Gasteiger partial charge on any atom is 0.240 e. The largest absolute Gasteiger partial charge is 0.378 e. The molecule has 1 saturated carbocycles. The first-order valence-corrected chi connectivity index (χ1v) is 9.48. The van der Waals surface area contributed by atoms with Crippen molar-refractivity contribution in [3.63, 3.8) is 0 Å². The van der Waals surface area contributed by atoms with Gasteiger partial charge in [-0.1, -0.05) is 6.42 Å². The number of ether oxygens (including phenoxy) is 1. The molecule has 3 aliphatic heterocycles. The summed E-state index contributed by atoms with van der Waals surface area (Å²) in [5.41, 5.74) is 0.390. The number of morpholine rings is 1. The van der Waals surface area contributed by atoms with Gasteiger partial charge in [0.05, 0.1) is 19.3 Å². The maximum absolute atomic E-state index is 12.9. The third kappa shape index (κ3) is 3.03. The number of nitrogens with zero attached hydrogens (tertiary/aromatic N) is 3. The van der Waals surface area contributed by atoms with Crippen LogP contribution in [0.15, 0.2) is 0 Å². The maximum atomic E-state index is 12.9. The van der Waals surface area contributed by atoms with E-state index in [1.165, 1.54) is 45.2 Å². The van der Waals surface area contributed by atoms with Gasteiger partial charge in [0, 0.05) is 25.7 Å². The van der Waals surface area contributed by atoms with Crippen LogP contribution in [-0.2, 0) is 9.53 Å². The summed E-state index contributed by atoms with van der Waals surface area (Å²) in [7, 11) is 2.15. The predicted octanol–water partition coefficient (Wildman–Crippen LogP) is 1.18. The minimum Gasteiger partial charge on any atom is -0.378 e. The number of likely N-dealkylation sites (tertiary alicyclic amines) is 2. The number of carbonyl (C=O) groups excluding carboxylic acids is 1. The first-order valence-electron chi connectivity index (χ1n) is 9.48. The van der Waals surface area contributed by atoms with E-state index in [1.807, 2.05) is 4.90 Å². The molecular weight excluding hydrogens is 290 g/mol. The highest BCUT2D eigenvalue weighted by atomic mass is 16.5. The van der Waals surface area contributed by atoms with Crippen LogP contribution >= 0.6 is 0 Å². The zero-order chi connectivity index (χ0) is 15.9. The van der Waals surface area contributed by atoms with Gasteiger partial charge in [-0.15, -0.1) is 0 Å². The molecule has 1 spiro atoms. The molecule has 5 nitrogen and oxygen atoms in total. The van der Waals surface area contributed by atoms with Gasteiger partial charge in [-0.3, -0.25) is 9.69 Å². The summed E-state index contributed by atoms with van der Waals surface area (Å²) < 4.78 is 5.39. The summed E-state index contributed by atoms with van der Waals surface area (Å²) in [6.07, 6.45) is 7.86. The number of amides is 1. The number of carbonyl (C=O) groups is 1. The second-order valence-corrected chi connectivity index (χ2v) is 8.19. The SMILES string of the molecule is CN1CC2(CCN(C3CCC3)CC2)CC1C(=O)N1CCOCC1. The third-order valence-electron chi connectivity index (χ3n) is 6.80. The molecular formula is C18H31N3O2. The molecule has 0 aromatic rings.